The van der Waals surface area contributed by atoms with E-state index in [1.165, 1.54) is 36.8 Å². The van der Waals surface area contributed by atoms with Gasteiger partial charge in [-0.15, -0.1) is 0 Å². The summed E-state index contributed by atoms with van der Waals surface area (Å²) in [5.74, 6) is 0.656. The van der Waals surface area contributed by atoms with Gasteiger partial charge in [-0.25, -0.2) is 0 Å². The van der Waals surface area contributed by atoms with E-state index in [0.29, 0.717) is 18.3 Å². The first-order valence-corrected chi connectivity index (χ1v) is 6.93. The molecular formula is C16H22O2. The Hall–Kier alpha value is -1.31. The van der Waals surface area contributed by atoms with Gasteiger partial charge in [-0.3, -0.25) is 4.79 Å². The molecule has 0 radical (unpaired) electrons. The first kappa shape index (κ1) is 13.1. The molecule has 1 aliphatic rings. The second kappa shape index (κ2) is 6.03. The summed E-state index contributed by atoms with van der Waals surface area (Å²) in [6, 6.07) is 8.81. The van der Waals surface area contributed by atoms with E-state index < -0.39 is 5.97 Å². The van der Waals surface area contributed by atoms with Crippen molar-refractivity contribution in [2.45, 2.75) is 51.4 Å². The summed E-state index contributed by atoms with van der Waals surface area (Å²) in [7, 11) is 0. The normalized spacial score (nSPS) is 23.8. The number of hydrogen-bond acceptors (Lipinski definition) is 1. The molecule has 18 heavy (non-hydrogen) atoms. The lowest BCUT2D eigenvalue weighted by Gasteiger charge is -2.28. The van der Waals surface area contributed by atoms with Gasteiger partial charge >= 0.3 is 5.97 Å². The fraction of sp³-hybridized carbons (Fsp3) is 0.562. The topological polar surface area (TPSA) is 37.3 Å². The number of benzene rings is 1. The lowest BCUT2D eigenvalue weighted by atomic mass is 9.77. The zero-order valence-electron chi connectivity index (χ0n) is 11.1. The molecule has 1 saturated carbocycles. The molecule has 1 aliphatic carbocycles. The molecule has 0 atom stereocenters. The van der Waals surface area contributed by atoms with Gasteiger partial charge in [0.2, 0.25) is 0 Å². The molecule has 1 fully saturated rings. The molecule has 0 spiro atoms. The standard InChI is InChI=1S/C16H22O2/c1-12-3-2-4-15(11-12)14-8-5-13(6-9-14)7-10-16(17)18/h2-4,11,13-14H,5-10H2,1H3,(H,17,18). The first-order valence-electron chi connectivity index (χ1n) is 6.93. The van der Waals surface area contributed by atoms with Gasteiger partial charge in [0.25, 0.3) is 0 Å². The molecule has 0 aromatic heterocycles. The van der Waals surface area contributed by atoms with E-state index in [2.05, 4.69) is 31.2 Å². The van der Waals surface area contributed by atoms with E-state index in [9.17, 15) is 4.79 Å². The largest absolute Gasteiger partial charge is 0.481 e. The maximum absolute atomic E-state index is 10.6. The third kappa shape index (κ3) is 3.59. The van der Waals surface area contributed by atoms with Crippen molar-refractivity contribution in [2.24, 2.45) is 5.92 Å². The van der Waals surface area contributed by atoms with Crippen LogP contribution in [0.2, 0.25) is 0 Å². The van der Waals surface area contributed by atoms with Crippen LogP contribution in [0.15, 0.2) is 24.3 Å². The van der Waals surface area contributed by atoms with Crippen LogP contribution in [0.1, 0.15) is 55.6 Å². The molecule has 0 aliphatic heterocycles. The number of rotatable bonds is 4. The molecule has 1 aromatic carbocycles. The average molecular weight is 246 g/mol. The maximum Gasteiger partial charge on any atom is 0.303 e. The average Bonchev–Trinajstić information content (AvgIpc) is 2.37. The van der Waals surface area contributed by atoms with Crippen molar-refractivity contribution >= 4 is 5.97 Å². The molecule has 1 N–H and O–H groups in total. The molecule has 1 aromatic rings. The third-order valence-electron chi connectivity index (χ3n) is 4.13. The highest BCUT2D eigenvalue weighted by atomic mass is 16.4. The Bertz CT molecular complexity index is 403. The number of carbonyl (C=O) groups is 1. The first-order chi connectivity index (χ1) is 8.65. The molecule has 2 heteroatoms. The molecule has 0 bridgehead atoms. The monoisotopic (exact) mass is 246 g/mol. The Kier molecular flexibility index (Phi) is 4.40. The number of carboxylic acids is 1. The van der Waals surface area contributed by atoms with Gasteiger partial charge < -0.3 is 5.11 Å². The Morgan fingerprint density at radius 3 is 2.61 bits per heavy atom. The van der Waals surface area contributed by atoms with E-state index in [1.54, 1.807) is 0 Å². The SMILES string of the molecule is Cc1cccc(C2CCC(CCC(=O)O)CC2)c1. The zero-order chi connectivity index (χ0) is 13.0. The number of aryl methyl sites for hydroxylation is 1. The highest BCUT2D eigenvalue weighted by Gasteiger charge is 2.22. The third-order valence-corrected chi connectivity index (χ3v) is 4.13. The van der Waals surface area contributed by atoms with Gasteiger partial charge in [-0.2, -0.15) is 0 Å². The lowest BCUT2D eigenvalue weighted by Crippen LogP contribution is -2.14. The Balaban J connectivity index is 1.85. The Morgan fingerprint density at radius 2 is 2.00 bits per heavy atom. The fourth-order valence-electron chi connectivity index (χ4n) is 3.04. The van der Waals surface area contributed by atoms with Crippen LogP contribution in [0.5, 0.6) is 0 Å². The van der Waals surface area contributed by atoms with Crippen molar-refractivity contribution in [1.29, 1.82) is 0 Å². The summed E-state index contributed by atoms with van der Waals surface area (Å²) < 4.78 is 0. The summed E-state index contributed by atoms with van der Waals surface area (Å²) >= 11 is 0. The van der Waals surface area contributed by atoms with Crippen LogP contribution in [0.25, 0.3) is 0 Å². The zero-order valence-corrected chi connectivity index (χ0v) is 11.1. The Morgan fingerprint density at radius 1 is 1.28 bits per heavy atom. The van der Waals surface area contributed by atoms with E-state index in [1.807, 2.05) is 0 Å². The van der Waals surface area contributed by atoms with Crippen molar-refractivity contribution < 1.29 is 9.90 Å². The second-order valence-electron chi connectivity index (χ2n) is 5.56. The fourth-order valence-corrected chi connectivity index (χ4v) is 3.04. The molecule has 98 valence electrons. The van der Waals surface area contributed by atoms with Crippen LogP contribution in [-0.4, -0.2) is 11.1 Å². The molecule has 0 unspecified atom stereocenters. The summed E-state index contributed by atoms with van der Waals surface area (Å²) in [6.45, 7) is 2.14. The van der Waals surface area contributed by atoms with Crippen molar-refractivity contribution in [3.8, 4) is 0 Å². The minimum absolute atomic E-state index is 0.333. The van der Waals surface area contributed by atoms with E-state index >= 15 is 0 Å². The van der Waals surface area contributed by atoms with Crippen LogP contribution in [0.4, 0.5) is 0 Å². The predicted octanol–water partition coefficient (Wildman–Crippen LogP) is 4.13. The molecule has 2 rings (SSSR count). The van der Waals surface area contributed by atoms with Crippen molar-refractivity contribution in [1.82, 2.24) is 0 Å². The van der Waals surface area contributed by atoms with Gasteiger partial charge in [0, 0.05) is 6.42 Å². The molecule has 0 amide bonds. The predicted molar refractivity (Wildman–Crippen MR) is 72.7 cm³/mol. The second-order valence-corrected chi connectivity index (χ2v) is 5.56. The van der Waals surface area contributed by atoms with Crippen LogP contribution < -0.4 is 0 Å². The number of hydrogen-bond donors (Lipinski definition) is 1. The van der Waals surface area contributed by atoms with Crippen molar-refractivity contribution in [3.05, 3.63) is 35.4 Å². The van der Waals surface area contributed by atoms with Crippen molar-refractivity contribution in [2.75, 3.05) is 0 Å². The smallest absolute Gasteiger partial charge is 0.303 e. The number of aliphatic carboxylic acids is 1. The summed E-state index contributed by atoms with van der Waals surface area (Å²) in [6.07, 6.45) is 5.99. The van der Waals surface area contributed by atoms with Crippen molar-refractivity contribution in [3.63, 3.8) is 0 Å². The minimum atomic E-state index is -0.657. The van der Waals surface area contributed by atoms with Crippen LogP contribution >= 0.6 is 0 Å². The Labute approximate surface area is 109 Å². The summed E-state index contributed by atoms with van der Waals surface area (Å²) in [4.78, 5) is 10.6. The molecule has 2 nitrogen and oxygen atoms in total. The molecule has 0 heterocycles. The van der Waals surface area contributed by atoms with Gasteiger partial charge in [0.1, 0.15) is 0 Å². The van der Waals surface area contributed by atoms with E-state index in [0.717, 1.165) is 6.42 Å². The van der Waals surface area contributed by atoms with Gasteiger partial charge in [-0.05, 0) is 56.4 Å². The lowest BCUT2D eigenvalue weighted by molar-refractivity contribution is -0.137. The van der Waals surface area contributed by atoms with Crippen LogP contribution in [0.3, 0.4) is 0 Å². The van der Waals surface area contributed by atoms with E-state index in [-0.39, 0.29) is 0 Å². The quantitative estimate of drug-likeness (QED) is 0.867. The van der Waals surface area contributed by atoms with Gasteiger partial charge in [0.15, 0.2) is 0 Å². The highest BCUT2D eigenvalue weighted by Crippen LogP contribution is 2.37. The molecule has 0 saturated heterocycles. The summed E-state index contributed by atoms with van der Waals surface area (Å²) in [5, 5.41) is 8.70. The highest BCUT2D eigenvalue weighted by molar-refractivity contribution is 5.66. The van der Waals surface area contributed by atoms with Crippen LogP contribution in [-0.2, 0) is 4.79 Å². The van der Waals surface area contributed by atoms with Crippen LogP contribution in [0, 0.1) is 12.8 Å². The molecular weight excluding hydrogens is 224 g/mol. The maximum atomic E-state index is 10.6. The van der Waals surface area contributed by atoms with E-state index in [4.69, 9.17) is 5.11 Å². The van der Waals surface area contributed by atoms with Gasteiger partial charge in [0.05, 0.1) is 0 Å². The summed E-state index contributed by atoms with van der Waals surface area (Å²) in [5.41, 5.74) is 2.80. The van der Waals surface area contributed by atoms with Gasteiger partial charge in [-0.1, -0.05) is 29.8 Å². The number of carboxylic acid groups (broad SMARTS) is 1. The minimum Gasteiger partial charge on any atom is -0.481 e.